The van der Waals surface area contributed by atoms with Gasteiger partial charge >= 0.3 is 0 Å². The number of hydrogen-bond acceptors (Lipinski definition) is 3. The van der Waals surface area contributed by atoms with Crippen molar-refractivity contribution in [2.75, 3.05) is 26.4 Å². The fourth-order valence-electron chi connectivity index (χ4n) is 1.29. The number of halogens is 1. The Morgan fingerprint density at radius 3 is 2.62 bits per heavy atom. The standard InChI is InChI=1S/C12H17FO3/c1-2-15-7-8-16-9-12(14)10-5-3-4-6-11(10)13/h3-6,12,14H,2,7-9H2,1H3. The van der Waals surface area contributed by atoms with Gasteiger partial charge in [0.05, 0.1) is 19.8 Å². The Labute approximate surface area is 94.8 Å². The quantitative estimate of drug-likeness (QED) is 0.724. The first kappa shape index (κ1) is 13.1. The van der Waals surface area contributed by atoms with E-state index in [1.165, 1.54) is 6.07 Å². The first-order valence-corrected chi connectivity index (χ1v) is 5.33. The van der Waals surface area contributed by atoms with Gasteiger partial charge in [-0.3, -0.25) is 0 Å². The van der Waals surface area contributed by atoms with Crippen LogP contribution in [0, 0.1) is 5.82 Å². The maximum Gasteiger partial charge on any atom is 0.129 e. The van der Waals surface area contributed by atoms with Gasteiger partial charge in [0.15, 0.2) is 0 Å². The van der Waals surface area contributed by atoms with E-state index in [0.29, 0.717) is 19.8 Å². The van der Waals surface area contributed by atoms with Crippen LogP contribution in [0.5, 0.6) is 0 Å². The zero-order chi connectivity index (χ0) is 11.8. The van der Waals surface area contributed by atoms with E-state index in [9.17, 15) is 9.50 Å². The second-order valence-corrected chi connectivity index (χ2v) is 3.31. The van der Waals surface area contributed by atoms with E-state index in [-0.39, 0.29) is 12.2 Å². The molecule has 16 heavy (non-hydrogen) atoms. The molecule has 0 saturated heterocycles. The van der Waals surface area contributed by atoms with E-state index in [1.807, 2.05) is 6.92 Å². The van der Waals surface area contributed by atoms with Gasteiger partial charge in [-0.1, -0.05) is 18.2 Å². The Kier molecular flexibility index (Phi) is 6.00. The molecule has 1 aromatic rings. The van der Waals surface area contributed by atoms with Gasteiger partial charge in [0.2, 0.25) is 0 Å². The van der Waals surface area contributed by atoms with Crippen molar-refractivity contribution in [1.29, 1.82) is 0 Å². The van der Waals surface area contributed by atoms with E-state index >= 15 is 0 Å². The summed E-state index contributed by atoms with van der Waals surface area (Å²) in [5.74, 6) is -0.414. The minimum absolute atomic E-state index is 0.0774. The van der Waals surface area contributed by atoms with Crippen LogP contribution < -0.4 is 0 Å². The summed E-state index contributed by atoms with van der Waals surface area (Å²) < 4.78 is 23.5. The lowest BCUT2D eigenvalue weighted by Gasteiger charge is -2.12. The molecule has 0 aliphatic heterocycles. The van der Waals surface area contributed by atoms with Gasteiger partial charge in [-0.2, -0.15) is 0 Å². The zero-order valence-electron chi connectivity index (χ0n) is 9.36. The molecule has 4 heteroatoms. The minimum Gasteiger partial charge on any atom is -0.386 e. The van der Waals surface area contributed by atoms with Crippen LogP contribution in [0.15, 0.2) is 24.3 Å². The second-order valence-electron chi connectivity index (χ2n) is 3.31. The fourth-order valence-corrected chi connectivity index (χ4v) is 1.29. The molecule has 1 rings (SSSR count). The SMILES string of the molecule is CCOCCOCC(O)c1ccccc1F. The van der Waals surface area contributed by atoms with E-state index in [0.717, 1.165) is 0 Å². The summed E-state index contributed by atoms with van der Waals surface area (Å²) in [7, 11) is 0. The Hall–Kier alpha value is -0.970. The third-order valence-electron chi connectivity index (χ3n) is 2.12. The molecule has 0 radical (unpaired) electrons. The molecule has 0 aromatic heterocycles. The third kappa shape index (κ3) is 4.26. The molecule has 0 aliphatic carbocycles. The summed E-state index contributed by atoms with van der Waals surface area (Å²) in [6.45, 7) is 3.50. The molecular weight excluding hydrogens is 211 g/mol. The maximum atomic E-state index is 13.2. The number of aliphatic hydroxyl groups excluding tert-OH is 1. The largest absolute Gasteiger partial charge is 0.386 e. The monoisotopic (exact) mass is 228 g/mol. The Morgan fingerprint density at radius 2 is 1.94 bits per heavy atom. The van der Waals surface area contributed by atoms with E-state index in [1.54, 1.807) is 18.2 Å². The Balaban J connectivity index is 2.30. The zero-order valence-corrected chi connectivity index (χ0v) is 9.36. The Bertz CT molecular complexity index is 304. The first-order chi connectivity index (χ1) is 7.75. The smallest absolute Gasteiger partial charge is 0.129 e. The third-order valence-corrected chi connectivity index (χ3v) is 2.12. The molecule has 0 amide bonds. The van der Waals surface area contributed by atoms with E-state index in [4.69, 9.17) is 9.47 Å². The van der Waals surface area contributed by atoms with Crippen LogP contribution >= 0.6 is 0 Å². The first-order valence-electron chi connectivity index (χ1n) is 5.33. The van der Waals surface area contributed by atoms with Gasteiger partial charge in [0, 0.05) is 12.2 Å². The van der Waals surface area contributed by atoms with Crippen LogP contribution in [0.25, 0.3) is 0 Å². The molecule has 3 nitrogen and oxygen atoms in total. The van der Waals surface area contributed by atoms with Gasteiger partial charge in [0.25, 0.3) is 0 Å². The van der Waals surface area contributed by atoms with Crippen LogP contribution in [-0.2, 0) is 9.47 Å². The van der Waals surface area contributed by atoms with Gasteiger partial charge in [0.1, 0.15) is 11.9 Å². The van der Waals surface area contributed by atoms with Crippen LogP contribution in [0.3, 0.4) is 0 Å². The number of ether oxygens (including phenoxy) is 2. The van der Waals surface area contributed by atoms with Crippen LogP contribution in [0.4, 0.5) is 4.39 Å². The van der Waals surface area contributed by atoms with Gasteiger partial charge in [-0.25, -0.2) is 4.39 Å². The highest BCUT2D eigenvalue weighted by atomic mass is 19.1. The van der Waals surface area contributed by atoms with E-state index in [2.05, 4.69) is 0 Å². The average molecular weight is 228 g/mol. The lowest BCUT2D eigenvalue weighted by Crippen LogP contribution is -2.12. The number of hydrogen-bond donors (Lipinski definition) is 1. The van der Waals surface area contributed by atoms with Crippen LogP contribution in [-0.4, -0.2) is 31.5 Å². The lowest BCUT2D eigenvalue weighted by atomic mass is 10.1. The van der Waals surface area contributed by atoms with Gasteiger partial charge in [-0.05, 0) is 13.0 Å². The average Bonchev–Trinajstić information content (AvgIpc) is 2.29. The van der Waals surface area contributed by atoms with Crippen LogP contribution in [0.1, 0.15) is 18.6 Å². The summed E-state index contributed by atoms with van der Waals surface area (Å²) in [5.41, 5.74) is 0.263. The summed E-state index contributed by atoms with van der Waals surface area (Å²) in [4.78, 5) is 0. The number of rotatable bonds is 7. The number of aliphatic hydroxyl groups is 1. The maximum absolute atomic E-state index is 13.2. The number of benzene rings is 1. The molecule has 1 unspecified atom stereocenters. The highest BCUT2D eigenvalue weighted by Gasteiger charge is 2.11. The molecule has 0 saturated carbocycles. The van der Waals surface area contributed by atoms with Crippen molar-refractivity contribution in [2.45, 2.75) is 13.0 Å². The van der Waals surface area contributed by atoms with Gasteiger partial charge < -0.3 is 14.6 Å². The topological polar surface area (TPSA) is 38.7 Å². The van der Waals surface area contributed by atoms with Crippen molar-refractivity contribution in [3.8, 4) is 0 Å². The van der Waals surface area contributed by atoms with Crippen molar-refractivity contribution < 1.29 is 19.0 Å². The molecule has 90 valence electrons. The highest BCUT2D eigenvalue weighted by Crippen LogP contribution is 2.16. The highest BCUT2D eigenvalue weighted by molar-refractivity contribution is 5.19. The molecule has 0 fully saturated rings. The summed E-state index contributed by atoms with van der Waals surface area (Å²) in [6, 6.07) is 6.13. The summed E-state index contributed by atoms with van der Waals surface area (Å²) in [5, 5.41) is 9.65. The minimum atomic E-state index is -0.928. The molecule has 0 bridgehead atoms. The molecule has 0 aliphatic rings. The van der Waals surface area contributed by atoms with Crippen molar-refractivity contribution in [2.24, 2.45) is 0 Å². The van der Waals surface area contributed by atoms with Gasteiger partial charge in [-0.15, -0.1) is 0 Å². The molecule has 0 heterocycles. The van der Waals surface area contributed by atoms with Crippen LogP contribution in [0.2, 0.25) is 0 Å². The normalized spacial score (nSPS) is 12.7. The van der Waals surface area contributed by atoms with E-state index < -0.39 is 11.9 Å². The molecule has 1 N–H and O–H groups in total. The summed E-state index contributed by atoms with van der Waals surface area (Å²) >= 11 is 0. The molecule has 1 aromatic carbocycles. The molecule has 0 spiro atoms. The van der Waals surface area contributed by atoms with Crippen molar-refractivity contribution >= 4 is 0 Å². The predicted molar refractivity (Wildman–Crippen MR) is 58.7 cm³/mol. The molecule has 1 atom stereocenters. The van der Waals surface area contributed by atoms with Crippen molar-refractivity contribution in [3.05, 3.63) is 35.6 Å². The summed E-state index contributed by atoms with van der Waals surface area (Å²) in [6.07, 6.45) is -0.928. The predicted octanol–water partition coefficient (Wildman–Crippen LogP) is 1.91. The fraction of sp³-hybridized carbons (Fsp3) is 0.500. The molecular formula is C12H17FO3. The second kappa shape index (κ2) is 7.33. The van der Waals surface area contributed by atoms with Crippen molar-refractivity contribution in [3.63, 3.8) is 0 Å². The van der Waals surface area contributed by atoms with Crippen molar-refractivity contribution in [1.82, 2.24) is 0 Å². The Morgan fingerprint density at radius 1 is 1.25 bits per heavy atom. The lowest BCUT2D eigenvalue weighted by molar-refractivity contribution is 0.00425.